The number of anilines is 1. The number of amides is 2. The van der Waals surface area contributed by atoms with E-state index in [0.29, 0.717) is 12.4 Å². The molecule has 0 bridgehead atoms. The number of aryl methyl sites for hydroxylation is 1. The van der Waals surface area contributed by atoms with Crippen LogP contribution in [0.1, 0.15) is 25.5 Å². The van der Waals surface area contributed by atoms with Gasteiger partial charge in [-0.25, -0.2) is 14.8 Å². The van der Waals surface area contributed by atoms with Gasteiger partial charge in [-0.05, 0) is 31.4 Å². The molecule has 24 heavy (non-hydrogen) atoms. The highest BCUT2D eigenvalue weighted by Gasteiger charge is 2.22. The van der Waals surface area contributed by atoms with Crippen LogP contribution in [-0.4, -0.2) is 45.0 Å². The molecule has 1 aliphatic heterocycles. The van der Waals surface area contributed by atoms with Crippen molar-refractivity contribution in [3.8, 4) is 11.4 Å². The van der Waals surface area contributed by atoms with Gasteiger partial charge in [0.1, 0.15) is 5.82 Å². The molecule has 1 saturated heterocycles. The van der Waals surface area contributed by atoms with Crippen LogP contribution in [0.2, 0.25) is 0 Å². The first kappa shape index (κ1) is 16.2. The third kappa shape index (κ3) is 3.79. The lowest BCUT2D eigenvalue weighted by Gasteiger charge is -2.32. The molecule has 7 nitrogen and oxygen atoms in total. The van der Waals surface area contributed by atoms with Crippen molar-refractivity contribution in [2.24, 2.45) is 5.73 Å². The lowest BCUT2D eigenvalue weighted by Crippen LogP contribution is -2.47. The topological polar surface area (TPSA) is 97.0 Å². The molecule has 0 spiro atoms. The smallest absolute Gasteiger partial charge is 0.314 e. The summed E-state index contributed by atoms with van der Waals surface area (Å²) in [7, 11) is 0. The summed E-state index contributed by atoms with van der Waals surface area (Å²) in [6.07, 6.45) is 6.21. The fraction of sp³-hybridized carbons (Fsp3) is 0.412. The number of rotatable bonds is 4. The number of piperidine rings is 1. The number of urea groups is 1. The van der Waals surface area contributed by atoms with Crippen molar-refractivity contribution in [2.45, 2.75) is 32.2 Å². The molecule has 3 N–H and O–H groups in total. The number of hydrogen-bond donors (Lipinski definition) is 2. The Morgan fingerprint density at radius 3 is 2.88 bits per heavy atom. The number of nitrogens with two attached hydrogens (primary N) is 1. The third-order valence-corrected chi connectivity index (χ3v) is 4.17. The zero-order chi connectivity index (χ0) is 16.9. The highest BCUT2D eigenvalue weighted by Crippen LogP contribution is 2.20. The van der Waals surface area contributed by atoms with Gasteiger partial charge in [-0.3, -0.25) is 4.98 Å². The second kappa shape index (κ2) is 7.25. The monoisotopic (exact) mass is 326 g/mol. The van der Waals surface area contributed by atoms with Crippen LogP contribution in [0.4, 0.5) is 10.6 Å². The third-order valence-electron chi connectivity index (χ3n) is 4.17. The van der Waals surface area contributed by atoms with E-state index in [-0.39, 0.29) is 12.1 Å². The first-order chi connectivity index (χ1) is 11.7. The van der Waals surface area contributed by atoms with Gasteiger partial charge in [0.05, 0.1) is 0 Å². The van der Waals surface area contributed by atoms with Crippen molar-refractivity contribution in [3.63, 3.8) is 0 Å². The molecule has 1 atom stereocenters. The highest BCUT2D eigenvalue weighted by atomic mass is 16.2. The van der Waals surface area contributed by atoms with Crippen molar-refractivity contribution in [3.05, 3.63) is 36.3 Å². The minimum atomic E-state index is -0.365. The number of primary amides is 1. The average molecular weight is 326 g/mol. The molecular formula is C17H22N6O. The summed E-state index contributed by atoms with van der Waals surface area (Å²) in [4.78, 5) is 26.3. The van der Waals surface area contributed by atoms with Gasteiger partial charge in [0.2, 0.25) is 0 Å². The second-order valence-electron chi connectivity index (χ2n) is 5.93. The maximum absolute atomic E-state index is 11.4. The van der Waals surface area contributed by atoms with Crippen LogP contribution in [0.15, 0.2) is 30.6 Å². The van der Waals surface area contributed by atoms with Crippen LogP contribution < -0.4 is 11.1 Å². The average Bonchev–Trinajstić information content (AvgIpc) is 2.62. The fourth-order valence-corrected chi connectivity index (χ4v) is 2.89. The molecule has 2 aromatic heterocycles. The summed E-state index contributed by atoms with van der Waals surface area (Å²) in [5, 5.41) is 3.43. The van der Waals surface area contributed by atoms with Gasteiger partial charge >= 0.3 is 6.03 Å². The SMILES string of the molecule is CCc1cc(NC2CCCN(C(N)=O)C2)nc(-c2ccncc2)n1. The fourth-order valence-electron chi connectivity index (χ4n) is 2.89. The number of pyridine rings is 1. The molecule has 0 aliphatic carbocycles. The van der Waals surface area contributed by atoms with Gasteiger partial charge in [-0.15, -0.1) is 0 Å². The number of nitrogens with zero attached hydrogens (tertiary/aromatic N) is 4. The van der Waals surface area contributed by atoms with Crippen LogP contribution in [0.3, 0.4) is 0 Å². The van der Waals surface area contributed by atoms with Gasteiger partial charge in [0.25, 0.3) is 0 Å². The van der Waals surface area contributed by atoms with Crippen molar-refractivity contribution in [1.82, 2.24) is 19.9 Å². The summed E-state index contributed by atoms with van der Waals surface area (Å²) < 4.78 is 0. The number of carbonyl (C=O) groups excluding carboxylic acids is 1. The summed E-state index contributed by atoms with van der Waals surface area (Å²) in [6.45, 7) is 3.39. The van der Waals surface area contributed by atoms with E-state index in [9.17, 15) is 4.79 Å². The maximum atomic E-state index is 11.4. The van der Waals surface area contributed by atoms with Crippen LogP contribution in [-0.2, 0) is 6.42 Å². The van der Waals surface area contributed by atoms with Crippen LogP contribution >= 0.6 is 0 Å². The van der Waals surface area contributed by atoms with E-state index >= 15 is 0 Å². The van der Waals surface area contributed by atoms with E-state index < -0.39 is 0 Å². The summed E-state index contributed by atoms with van der Waals surface area (Å²) in [6, 6.07) is 5.54. The quantitative estimate of drug-likeness (QED) is 0.896. The zero-order valence-electron chi connectivity index (χ0n) is 13.8. The number of likely N-dealkylation sites (tertiary alicyclic amines) is 1. The Bertz CT molecular complexity index is 705. The van der Waals surface area contributed by atoms with E-state index in [1.54, 1.807) is 17.3 Å². The molecule has 1 aliphatic rings. The van der Waals surface area contributed by atoms with E-state index in [2.05, 4.69) is 27.2 Å². The van der Waals surface area contributed by atoms with Crippen LogP contribution in [0.25, 0.3) is 11.4 Å². The summed E-state index contributed by atoms with van der Waals surface area (Å²) >= 11 is 0. The first-order valence-electron chi connectivity index (χ1n) is 8.25. The van der Waals surface area contributed by atoms with Gasteiger partial charge < -0.3 is 16.0 Å². The molecule has 1 fully saturated rings. The molecule has 2 aromatic rings. The Morgan fingerprint density at radius 2 is 2.17 bits per heavy atom. The molecule has 0 saturated carbocycles. The van der Waals surface area contributed by atoms with Crippen molar-refractivity contribution >= 4 is 11.8 Å². The molecule has 0 radical (unpaired) electrons. The lowest BCUT2D eigenvalue weighted by atomic mass is 10.1. The molecule has 3 heterocycles. The van der Waals surface area contributed by atoms with Gasteiger partial charge in [-0.2, -0.15) is 0 Å². The van der Waals surface area contributed by atoms with E-state index in [1.807, 2.05) is 18.2 Å². The largest absolute Gasteiger partial charge is 0.365 e. The summed E-state index contributed by atoms with van der Waals surface area (Å²) in [5.74, 6) is 1.46. The predicted octanol–water partition coefficient (Wildman–Crippen LogP) is 2.06. The zero-order valence-corrected chi connectivity index (χ0v) is 13.8. The van der Waals surface area contributed by atoms with E-state index in [0.717, 1.165) is 42.9 Å². The van der Waals surface area contributed by atoms with Crippen LogP contribution in [0.5, 0.6) is 0 Å². The molecular weight excluding hydrogens is 304 g/mol. The Hall–Kier alpha value is -2.70. The minimum absolute atomic E-state index is 0.149. The number of carbonyl (C=O) groups is 1. The standard InChI is InChI=1S/C17H22N6O/c1-2-13-10-15(20-14-4-3-9-23(11-14)17(18)24)22-16(21-13)12-5-7-19-8-6-12/h5-8,10,14H,2-4,9,11H2,1H3,(H2,18,24)(H,20,21,22). The van der Waals surface area contributed by atoms with Gasteiger partial charge in [-0.1, -0.05) is 6.92 Å². The molecule has 2 amide bonds. The van der Waals surface area contributed by atoms with Gasteiger partial charge in [0, 0.05) is 48.8 Å². The van der Waals surface area contributed by atoms with E-state index in [4.69, 9.17) is 5.73 Å². The first-order valence-corrected chi connectivity index (χ1v) is 8.25. The van der Waals surface area contributed by atoms with Crippen molar-refractivity contribution in [1.29, 1.82) is 0 Å². The minimum Gasteiger partial charge on any atom is -0.365 e. The molecule has 3 rings (SSSR count). The number of aromatic nitrogens is 3. The Kier molecular flexibility index (Phi) is 4.88. The molecule has 1 unspecified atom stereocenters. The van der Waals surface area contributed by atoms with E-state index in [1.165, 1.54) is 0 Å². The molecule has 0 aromatic carbocycles. The number of hydrogen-bond acceptors (Lipinski definition) is 5. The second-order valence-corrected chi connectivity index (χ2v) is 5.93. The maximum Gasteiger partial charge on any atom is 0.314 e. The molecule has 126 valence electrons. The van der Waals surface area contributed by atoms with Crippen molar-refractivity contribution < 1.29 is 4.79 Å². The summed E-state index contributed by atoms with van der Waals surface area (Å²) in [5.41, 5.74) is 7.31. The Balaban J connectivity index is 1.81. The Labute approximate surface area is 141 Å². The van der Waals surface area contributed by atoms with Crippen LogP contribution in [0, 0.1) is 0 Å². The highest BCUT2D eigenvalue weighted by molar-refractivity contribution is 5.72. The predicted molar refractivity (Wildman–Crippen MR) is 92.4 cm³/mol. The Morgan fingerprint density at radius 1 is 1.38 bits per heavy atom. The lowest BCUT2D eigenvalue weighted by molar-refractivity contribution is 0.192. The molecule has 7 heteroatoms. The van der Waals surface area contributed by atoms with Gasteiger partial charge in [0.15, 0.2) is 5.82 Å². The number of nitrogens with one attached hydrogen (secondary N) is 1. The van der Waals surface area contributed by atoms with Crippen molar-refractivity contribution in [2.75, 3.05) is 18.4 Å². The normalized spacial score (nSPS) is 17.5.